The third-order valence-electron chi connectivity index (χ3n) is 3.07. The lowest BCUT2D eigenvalue weighted by atomic mass is 10.3. The van der Waals surface area contributed by atoms with Crippen LogP contribution in [0.1, 0.15) is 6.42 Å². The molecular weight excluding hydrogens is 254 g/mol. The van der Waals surface area contributed by atoms with E-state index in [0.29, 0.717) is 6.54 Å². The number of piperazine rings is 1. The Hall–Kier alpha value is -0.660. The van der Waals surface area contributed by atoms with Crippen LogP contribution in [-0.4, -0.2) is 82.4 Å². The zero-order valence-corrected chi connectivity index (χ0v) is 12.0. The molecule has 0 aliphatic carbocycles. The molecule has 0 saturated carbocycles. The summed E-state index contributed by atoms with van der Waals surface area (Å²) >= 11 is 0. The monoisotopic (exact) mass is 277 g/mol. The molecule has 1 saturated heterocycles. The zero-order chi connectivity index (χ0) is 13.6. The van der Waals surface area contributed by atoms with Gasteiger partial charge in [-0.25, -0.2) is 8.42 Å². The number of rotatable bonds is 6. The van der Waals surface area contributed by atoms with Crippen molar-refractivity contribution in [3.63, 3.8) is 0 Å². The molecule has 1 aliphatic heterocycles. The van der Waals surface area contributed by atoms with Crippen molar-refractivity contribution in [2.45, 2.75) is 6.42 Å². The fraction of sp³-hybridized carbons (Fsp3) is 0.909. The Bertz CT molecular complexity index is 364. The maximum absolute atomic E-state index is 11.7. The highest BCUT2D eigenvalue weighted by Gasteiger charge is 2.14. The van der Waals surface area contributed by atoms with E-state index >= 15 is 0 Å². The Kier molecular flexibility index (Phi) is 6.04. The van der Waals surface area contributed by atoms with Gasteiger partial charge in [0, 0.05) is 59.0 Å². The minimum Gasteiger partial charge on any atom is -0.344 e. The molecular formula is C11H23N3O3S. The lowest BCUT2D eigenvalue weighted by molar-refractivity contribution is -0.129. The average molecular weight is 277 g/mol. The van der Waals surface area contributed by atoms with E-state index in [4.69, 9.17) is 0 Å². The molecule has 7 heteroatoms. The highest BCUT2D eigenvalue weighted by molar-refractivity contribution is 7.90. The third-order valence-corrected chi connectivity index (χ3v) is 4.02. The Morgan fingerprint density at radius 2 is 1.94 bits per heavy atom. The molecule has 1 heterocycles. The van der Waals surface area contributed by atoms with Crippen LogP contribution in [0.4, 0.5) is 0 Å². The Morgan fingerprint density at radius 1 is 1.33 bits per heavy atom. The Balaban J connectivity index is 2.22. The molecule has 0 radical (unpaired) electrons. The summed E-state index contributed by atoms with van der Waals surface area (Å²) in [7, 11) is -1.33. The van der Waals surface area contributed by atoms with Gasteiger partial charge in [-0.1, -0.05) is 0 Å². The van der Waals surface area contributed by atoms with Gasteiger partial charge in [-0.3, -0.25) is 9.69 Å². The Labute approximate surface area is 109 Å². The molecule has 1 aliphatic rings. The number of amides is 1. The molecule has 1 rings (SSSR count). The molecule has 0 aromatic rings. The minimum absolute atomic E-state index is 0.0657. The van der Waals surface area contributed by atoms with Gasteiger partial charge >= 0.3 is 0 Å². The van der Waals surface area contributed by atoms with Gasteiger partial charge in [-0.2, -0.15) is 0 Å². The van der Waals surface area contributed by atoms with Crippen LogP contribution < -0.4 is 5.32 Å². The summed E-state index contributed by atoms with van der Waals surface area (Å²) in [4.78, 5) is 15.6. The Morgan fingerprint density at radius 3 is 2.50 bits per heavy atom. The van der Waals surface area contributed by atoms with E-state index in [1.54, 1.807) is 11.9 Å². The summed E-state index contributed by atoms with van der Waals surface area (Å²) in [5.41, 5.74) is 0. The summed E-state index contributed by atoms with van der Waals surface area (Å²) in [6.07, 6.45) is 1.23. The largest absolute Gasteiger partial charge is 0.344 e. The second-order valence-electron chi connectivity index (χ2n) is 4.79. The van der Waals surface area contributed by atoms with Gasteiger partial charge in [0.05, 0.1) is 5.75 Å². The lowest BCUT2D eigenvalue weighted by Gasteiger charge is -2.29. The molecule has 1 N–H and O–H groups in total. The van der Waals surface area contributed by atoms with Gasteiger partial charge < -0.3 is 10.2 Å². The average Bonchev–Trinajstić information content (AvgIpc) is 2.33. The standard InChI is InChI=1S/C11H23N3O3S/c1-13(11(15)3-10-18(2,16)17)8-9-14-6-4-12-5-7-14/h12H,3-10H2,1-2H3. The first-order valence-electron chi connectivity index (χ1n) is 6.23. The predicted molar refractivity (Wildman–Crippen MR) is 71.3 cm³/mol. The van der Waals surface area contributed by atoms with Gasteiger partial charge in [0.1, 0.15) is 9.84 Å². The zero-order valence-electron chi connectivity index (χ0n) is 11.2. The van der Waals surface area contributed by atoms with E-state index in [1.807, 2.05) is 0 Å². The summed E-state index contributed by atoms with van der Waals surface area (Å²) in [5, 5.41) is 3.27. The number of carbonyl (C=O) groups excluding carboxylic acids is 1. The number of carbonyl (C=O) groups is 1. The van der Waals surface area contributed by atoms with Gasteiger partial charge in [-0.05, 0) is 0 Å². The molecule has 0 bridgehead atoms. The normalized spacial score (nSPS) is 17.7. The maximum Gasteiger partial charge on any atom is 0.223 e. The smallest absolute Gasteiger partial charge is 0.223 e. The maximum atomic E-state index is 11.7. The quantitative estimate of drug-likeness (QED) is 0.659. The van der Waals surface area contributed by atoms with Crippen molar-refractivity contribution in [3.05, 3.63) is 0 Å². The fourth-order valence-corrected chi connectivity index (χ4v) is 2.36. The number of sulfone groups is 1. The van der Waals surface area contributed by atoms with Crippen molar-refractivity contribution in [1.82, 2.24) is 15.1 Å². The number of hydrogen-bond acceptors (Lipinski definition) is 5. The number of nitrogens with zero attached hydrogens (tertiary/aromatic N) is 2. The van der Waals surface area contributed by atoms with E-state index in [1.165, 1.54) is 0 Å². The molecule has 1 fully saturated rings. The topological polar surface area (TPSA) is 69.7 Å². The SMILES string of the molecule is CN(CCN1CCNCC1)C(=O)CCS(C)(=O)=O. The summed E-state index contributed by atoms with van der Waals surface area (Å²) < 4.78 is 22.0. The van der Waals surface area contributed by atoms with Crippen molar-refractivity contribution in [3.8, 4) is 0 Å². The van der Waals surface area contributed by atoms with Crippen LogP contribution in [0.3, 0.4) is 0 Å². The van der Waals surface area contributed by atoms with Crippen molar-refractivity contribution in [2.75, 3.05) is 58.3 Å². The first-order valence-corrected chi connectivity index (χ1v) is 8.29. The van der Waals surface area contributed by atoms with E-state index in [9.17, 15) is 13.2 Å². The second kappa shape index (κ2) is 7.06. The van der Waals surface area contributed by atoms with E-state index < -0.39 is 9.84 Å². The fourth-order valence-electron chi connectivity index (χ4n) is 1.81. The van der Waals surface area contributed by atoms with Crippen LogP contribution in [0.5, 0.6) is 0 Å². The molecule has 106 valence electrons. The molecule has 0 atom stereocenters. The molecule has 0 unspecified atom stereocenters. The van der Waals surface area contributed by atoms with Gasteiger partial charge in [-0.15, -0.1) is 0 Å². The summed E-state index contributed by atoms with van der Waals surface area (Å²) in [5.74, 6) is -0.167. The van der Waals surface area contributed by atoms with Crippen molar-refractivity contribution in [1.29, 1.82) is 0 Å². The van der Waals surface area contributed by atoms with Crippen LogP contribution >= 0.6 is 0 Å². The number of hydrogen-bond donors (Lipinski definition) is 1. The second-order valence-corrected chi connectivity index (χ2v) is 7.05. The molecule has 0 spiro atoms. The molecule has 0 aromatic heterocycles. The molecule has 18 heavy (non-hydrogen) atoms. The summed E-state index contributed by atoms with van der Waals surface area (Å²) in [6, 6.07) is 0. The highest BCUT2D eigenvalue weighted by atomic mass is 32.2. The van der Waals surface area contributed by atoms with Crippen LogP contribution in [-0.2, 0) is 14.6 Å². The number of nitrogens with one attached hydrogen (secondary N) is 1. The van der Waals surface area contributed by atoms with Gasteiger partial charge in [0.25, 0.3) is 0 Å². The first-order chi connectivity index (χ1) is 8.38. The third kappa shape index (κ3) is 6.32. The van der Waals surface area contributed by atoms with Crippen LogP contribution in [0.15, 0.2) is 0 Å². The highest BCUT2D eigenvalue weighted by Crippen LogP contribution is 1.97. The van der Waals surface area contributed by atoms with Crippen molar-refractivity contribution >= 4 is 15.7 Å². The van der Waals surface area contributed by atoms with Crippen LogP contribution in [0, 0.1) is 0 Å². The van der Waals surface area contributed by atoms with Crippen LogP contribution in [0.25, 0.3) is 0 Å². The van der Waals surface area contributed by atoms with E-state index in [0.717, 1.165) is 39.0 Å². The lowest BCUT2D eigenvalue weighted by Crippen LogP contribution is -2.46. The van der Waals surface area contributed by atoms with Crippen molar-refractivity contribution < 1.29 is 13.2 Å². The van der Waals surface area contributed by atoms with Gasteiger partial charge in [0.15, 0.2) is 0 Å². The van der Waals surface area contributed by atoms with Crippen molar-refractivity contribution in [2.24, 2.45) is 0 Å². The van der Waals surface area contributed by atoms with E-state index in [-0.39, 0.29) is 18.1 Å². The first kappa shape index (κ1) is 15.4. The minimum atomic E-state index is -3.05. The number of likely N-dealkylation sites (N-methyl/N-ethyl adjacent to an activating group) is 1. The molecule has 0 aromatic carbocycles. The van der Waals surface area contributed by atoms with Gasteiger partial charge in [0.2, 0.25) is 5.91 Å². The predicted octanol–water partition coefficient (Wildman–Crippen LogP) is -1.22. The summed E-state index contributed by atoms with van der Waals surface area (Å²) in [6.45, 7) is 5.50. The van der Waals surface area contributed by atoms with Crippen LogP contribution in [0.2, 0.25) is 0 Å². The molecule has 6 nitrogen and oxygen atoms in total. The molecule has 1 amide bonds. The van der Waals surface area contributed by atoms with E-state index in [2.05, 4.69) is 10.2 Å².